The Hall–Kier alpha value is -1.84. The molecule has 2 rings (SSSR count). The van der Waals surface area contributed by atoms with Crippen LogP contribution in [0.3, 0.4) is 0 Å². The fourth-order valence-corrected chi connectivity index (χ4v) is 1.97. The molecule has 0 aromatic heterocycles. The Kier molecular flexibility index (Phi) is 3.88. The Morgan fingerprint density at radius 1 is 0.842 bits per heavy atom. The predicted octanol–water partition coefficient (Wildman–Crippen LogP) is 4.63. The summed E-state index contributed by atoms with van der Waals surface area (Å²) in [5, 5.41) is 0. The Morgan fingerprint density at radius 3 is 2.16 bits per heavy atom. The predicted molar refractivity (Wildman–Crippen MR) is 65.3 cm³/mol. The molecule has 2 aromatic carbocycles. The molecule has 2 aromatic rings. The average Bonchev–Trinajstić information content (AvgIpc) is 2.36. The van der Waals surface area contributed by atoms with Crippen LogP contribution in [0.1, 0.15) is 16.7 Å². The summed E-state index contributed by atoms with van der Waals surface area (Å²) in [6.07, 6.45) is -3.83. The fraction of sp³-hybridized carbons (Fsp3) is 0.200. The number of aryl methyl sites for hydroxylation is 2. The lowest BCUT2D eigenvalue weighted by atomic mass is 9.99. The maximum Gasteiger partial charge on any atom is 0.416 e. The minimum atomic E-state index is -4.44. The van der Waals surface area contributed by atoms with Gasteiger partial charge in [0.15, 0.2) is 0 Å². The van der Waals surface area contributed by atoms with Crippen molar-refractivity contribution in [3.63, 3.8) is 0 Å². The summed E-state index contributed by atoms with van der Waals surface area (Å²) in [5.41, 5.74) is 0.168. The van der Waals surface area contributed by atoms with E-state index in [1.807, 2.05) is 30.3 Å². The van der Waals surface area contributed by atoms with Gasteiger partial charge >= 0.3 is 6.18 Å². The van der Waals surface area contributed by atoms with Crippen molar-refractivity contribution in [2.24, 2.45) is 0 Å². The first-order valence-corrected chi connectivity index (χ1v) is 5.86. The van der Waals surface area contributed by atoms with E-state index < -0.39 is 17.6 Å². The second-order valence-electron chi connectivity index (χ2n) is 4.28. The van der Waals surface area contributed by atoms with Gasteiger partial charge in [0.25, 0.3) is 0 Å². The zero-order valence-electron chi connectivity index (χ0n) is 10.0. The second-order valence-corrected chi connectivity index (χ2v) is 4.28. The molecule has 0 aliphatic rings. The molecule has 0 unspecified atom stereocenters. The molecule has 0 heterocycles. The second kappa shape index (κ2) is 5.43. The third-order valence-electron chi connectivity index (χ3n) is 2.90. The van der Waals surface area contributed by atoms with Crippen LogP contribution >= 0.6 is 0 Å². The summed E-state index contributed by atoms with van der Waals surface area (Å²) in [5.74, 6) is -0.643. The molecule has 0 saturated carbocycles. The van der Waals surface area contributed by atoms with Crippen LogP contribution in [0.4, 0.5) is 17.6 Å². The monoisotopic (exact) mass is 268 g/mol. The third-order valence-corrected chi connectivity index (χ3v) is 2.90. The van der Waals surface area contributed by atoms with Gasteiger partial charge in [0.05, 0.1) is 5.56 Å². The van der Waals surface area contributed by atoms with Gasteiger partial charge in [0.2, 0.25) is 0 Å². The van der Waals surface area contributed by atoms with Crippen molar-refractivity contribution in [1.29, 1.82) is 0 Å². The van der Waals surface area contributed by atoms with Crippen molar-refractivity contribution in [3.05, 3.63) is 71.0 Å². The van der Waals surface area contributed by atoms with Gasteiger partial charge in [0.1, 0.15) is 5.82 Å². The van der Waals surface area contributed by atoms with Crippen LogP contribution in [0.5, 0.6) is 0 Å². The van der Waals surface area contributed by atoms with E-state index in [1.165, 1.54) is 0 Å². The maximum atomic E-state index is 13.1. The molecule has 0 N–H and O–H groups in total. The summed E-state index contributed by atoms with van der Waals surface area (Å²) in [7, 11) is 0. The molecule has 0 fully saturated rings. The Labute approximate surface area is 108 Å². The smallest absolute Gasteiger partial charge is 0.207 e. The minimum absolute atomic E-state index is 0.00338. The lowest BCUT2D eigenvalue weighted by Gasteiger charge is -2.12. The molecule has 19 heavy (non-hydrogen) atoms. The van der Waals surface area contributed by atoms with E-state index in [0.29, 0.717) is 6.42 Å². The van der Waals surface area contributed by atoms with E-state index >= 15 is 0 Å². The molecule has 0 aliphatic heterocycles. The van der Waals surface area contributed by atoms with Gasteiger partial charge in [-0.2, -0.15) is 13.2 Å². The lowest BCUT2D eigenvalue weighted by Crippen LogP contribution is -2.10. The number of hydrogen-bond donors (Lipinski definition) is 0. The zero-order chi connectivity index (χ0) is 13.9. The first-order valence-electron chi connectivity index (χ1n) is 5.86. The van der Waals surface area contributed by atoms with E-state index in [9.17, 15) is 17.6 Å². The maximum absolute atomic E-state index is 13.1. The van der Waals surface area contributed by atoms with Crippen molar-refractivity contribution in [2.45, 2.75) is 19.0 Å². The zero-order valence-corrected chi connectivity index (χ0v) is 10.0. The summed E-state index contributed by atoms with van der Waals surface area (Å²) in [6, 6.07) is 11.8. The van der Waals surface area contributed by atoms with Crippen LogP contribution in [-0.2, 0) is 19.0 Å². The topological polar surface area (TPSA) is 0 Å². The normalized spacial score (nSPS) is 11.6. The number of rotatable bonds is 3. The molecule has 0 saturated heterocycles. The largest absolute Gasteiger partial charge is 0.416 e. The molecular weight excluding hydrogens is 256 g/mol. The lowest BCUT2D eigenvalue weighted by molar-refractivity contribution is -0.138. The first kappa shape index (κ1) is 13.6. The Bertz CT molecular complexity index is 544. The summed E-state index contributed by atoms with van der Waals surface area (Å²) >= 11 is 0. The van der Waals surface area contributed by atoms with Gasteiger partial charge < -0.3 is 0 Å². The van der Waals surface area contributed by atoms with E-state index in [0.717, 1.165) is 23.8 Å². The van der Waals surface area contributed by atoms with Gasteiger partial charge in [-0.1, -0.05) is 30.3 Å². The van der Waals surface area contributed by atoms with Crippen LogP contribution in [-0.4, -0.2) is 0 Å². The Morgan fingerprint density at radius 2 is 1.53 bits per heavy atom. The molecule has 4 heteroatoms. The highest BCUT2D eigenvalue weighted by Crippen LogP contribution is 2.32. The number of hydrogen-bond acceptors (Lipinski definition) is 0. The highest BCUT2D eigenvalue weighted by Gasteiger charge is 2.33. The minimum Gasteiger partial charge on any atom is -0.207 e. The van der Waals surface area contributed by atoms with Crippen LogP contribution < -0.4 is 0 Å². The van der Waals surface area contributed by atoms with E-state index in [4.69, 9.17) is 0 Å². The molecule has 0 aliphatic carbocycles. The van der Waals surface area contributed by atoms with E-state index in [2.05, 4.69) is 0 Å². The number of alkyl halides is 3. The van der Waals surface area contributed by atoms with Gasteiger partial charge in [-0.15, -0.1) is 0 Å². The summed E-state index contributed by atoms with van der Waals surface area (Å²) in [4.78, 5) is 0. The van der Waals surface area contributed by atoms with Crippen molar-refractivity contribution in [2.75, 3.05) is 0 Å². The van der Waals surface area contributed by atoms with Crippen LogP contribution in [0.15, 0.2) is 48.5 Å². The van der Waals surface area contributed by atoms with Crippen molar-refractivity contribution < 1.29 is 17.6 Å². The van der Waals surface area contributed by atoms with Crippen molar-refractivity contribution in [3.8, 4) is 0 Å². The standard InChI is InChI=1S/C15H12F4/c16-13-8-9-14(15(17,18)19)12(10-13)7-6-11-4-2-1-3-5-11/h1-5,8-10H,6-7H2. The van der Waals surface area contributed by atoms with Gasteiger partial charge in [-0.3, -0.25) is 0 Å². The molecule has 0 atom stereocenters. The highest BCUT2D eigenvalue weighted by molar-refractivity contribution is 5.31. The molecule has 0 bridgehead atoms. The third kappa shape index (κ3) is 3.56. The van der Waals surface area contributed by atoms with Gasteiger partial charge in [-0.05, 0) is 42.2 Å². The van der Waals surface area contributed by atoms with Crippen molar-refractivity contribution >= 4 is 0 Å². The first-order chi connectivity index (χ1) is 8.97. The van der Waals surface area contributed by atoms with Crippen LogP contribution in [0.25, 0.3) is 0 Å². The molecular formula is C15H12F4. The average molecular weight is 268 g/mol. The fourth-order valence-electron chi connectivity index (χ4n) is 1.97. The highest BCUT2D eigenvalue weighted by atomic mass is 19.4. The van der Waals surface area contributed by atoms with Crippen molar-refractivity contribution in [1.82, 2.24) is 0 Å². The molecule has 100 valence electrons. The Balaban J connectivity index is 2.22. The number of benzene rings is 2. The van der Waals surface area contributed by atoms with Crippen LogP contribution in [0, 0.1) is 5.82 Å². The van der Waals surface area contributed by atoms with Gasteiger partial charge in [-0.25, -0.2) is 4.39 Å². The SMILES string of the molecule is Fc1ccc(C(F)(F)F)c(CCc2ccccc2)c1. The molecule has 0 nitrogen and oxygen atoms in total. The molecule has 0 amide bonds. The number of halogens is 4. The van der Waals surface area contributed by atoms with Gasteiger partial charge in [0, 0.05) is 0 Å². The van der Waals surface area contributed by atoms with E-state index in [-0.39, 0.29) is 12.0 Å². The van der Waals surface area contributed by atoms with E-state index in [1.54, 1.807) is 0 Å². The summed E-state index contributed by atoms with van der Waals surface area (Å²) in [6.45, 7) is 0. The molecule has 0 radical (unpaired) electrons. The van der Waals surface area contributed by atoms with Crippen LogP contribution in [0.2, 0.25) is 0 Å². The summed E-state index contributed by atoms with van der Waals surface area (Å²) < 4.78 is 51.4. The molecule has 0 spiro atoms. The quantitative estimate of drug-likeness (QED) is 0.712.